The summed E-state index contributed by atoms with van der Waals surface area (Å²) in [5, 5.41) is 3.60. The van der Waals surface area contributed by atoms with Crippen molar-refractivity contribution in [1.82, 2.24) is 5.32 Å². The van der Waals surface area contributed by atoms with Crippen LogP contribution in [0.25, 0.3) is 0 Å². The minimum Gasteiger partial charge on any atom is -0.381 e. The highest BCUT2D eigenvalue weighted by Crippen LogP contribution is 2.39. The van der Waals surface area contributed by atoms with Gasteiger partial charge < -0.3 is 10.1 Å². The van der Waals surface area contributed by atoms with Crippen LogP contribution in [0.5, 0.6) is 0 Å². The number of hydrogen-bond acceptors (Lipinski definition) is 2. The van der Waals surface area contributed by atoms with Gasteiger partial charge in [0.25, 0.3) is 0 Å². The summed E-state index contributed by atoms with van der Waals surface area (Å²) < 4.78 is 5.87. The molecule has 0 saturated carbocycles. The summed E-state index contributed by atoms with van der Waals surface area (Å²) in [5.74, 6) is 0. The maximum Gasteiger partial charge on any atom is 0.0475 e. The number of aryl methyl sites for hydroxylation is 1. The number of ether oxygens (including phenoxy) is 1. The Balaban J connectivity index is 2.07. The molecular weight excluding hydrogens is 258 g/mol. The molecule has 1 atom stereocenters. The number of likely N-dealkylation sites (N-methyl/N-ethyl adjacent to an activating group) is 1. The topological polar surface area (TPSA) is 21.3 Å². The van der Waals surface area contributed by atoms with E-state index in [0.717, 1.165) is 32.7 Å². The van der Waals surface area contributed by atoms with Crippen molar-refractivity contribution in [3.05, 3.63) is 35.4 Å². The molecule has 0 radical (unpaired) electrons. The van der Waals surface area contributed by atoms with Crippen molar-refractivity contribution >= 4 is 0 Å². The van der Waals surface area contributed by atoms with E-state index in [4.69, 9.17) is 4.74 Å². The first-order valence-corrected chi connectivity index (χ1v) is 8.69. The molecule has 2 rings (SSSR count). The Labute approximate surface area is 130 Å². The van der Waals surface area contributed by atoms with E-state index in [0.29, 0.717) is 0 Å². The average Bonchev–Trinajstić information content (AvgIpc) is 2.53. The fourth-order valence-electron chi connectivity index (χ4n) is 3.52. The Morgan fingerprint density at radius 3 is 2.86 bits per heavy atom. The number of nitrogens with one attached hydrogen (secondary N) is 1. The molecule has 1 unspecified atom stereocenters. The highest BCUT2D eigenvalue weighted by molar-refractivity contribution is 5.37. The molecule has 1 aliphatic rings. The van der Waals surface area contributed by atoms with Crippen LogP contribution >= 0.6 is 0 Å². The van der Waals surface area contributed by atoms with Crippen LogP contribution in [0.15, 0.2) is 24.3 Å². The van der Waals surface area contributed by atoms with E-state index in [-0.39, 0.29) is 5.41 Å². The first kappa shape index (κ1) is 16.5. The summed E-state index contributed by atoms with van der Waals surface area (Å²) in [7, 11) is 0. The zero-order valence-electron chi connectivity index (χ0n) is 13.8. The van der Waals surface area contributed by atoms with Gasteiger partial charge in [0.05, 0.1) is 0 Å². The molecular formula is C19H31NO. The van der Waals surface area contributed by atoms with Crippen molar-refractivity contribution in [3.8, 4) is 0 Å². The minimum absolute atomic E-state index is 0.275. The Hall–Kier alpha value is -0.860. The number of hydrogen-bond donors (Lipinski definition) is 1. The largest absolute Gasteiger partial charge is 0.381 e. The Kier molecular flexibility index (Phi) is 6.72. The zero-order valence-corrected chi connectivity index (χ0v) is 13.8. The van der Waals surface area contributed by atoms with E-state index >= 15 is 0 Å². The van der Waals surface area contributed by atoms with Gasteiger partial charge in [0, 0.05) is 25.2 Å². The zero-order chi connectivity index (χ0) is 15.0. The monoisotopic (exact) mass is 289 g/mol. The predicted molar refractivity (Wildman–Crippen MR) is 89.9 cm³/mol. The lowest BCUT2D eigenvalue weighted by molar-refractivity contribution is 0.106. The average molecular weight is 289 g/mol. The van der Waals surface area contributed by atoms with Gasteiger partial charge in [-0.2, -0.15) is 0 Å². The second kappa shape index (κ2) is 8.55. The van der Waals surface area contributed by atoms with E-state index in [1.807, 2.05) is 0 Å². The van der Waals surface area contributed by atoms with E-state index in [2.05, 4.69) is 43.4 Å². The van der Waals surface area contributed by atoms with E-state index < -0.39 is 0 Å². The first-order chi connectivity index (χ1) is 10.3. The maximum atomic E-state index is 5.87. The SMILES string of the molecule is CCCCOCCC1(CNCC)CCCc2ccccc21. The molecule has 1 N–H and O–H groups in total. The molecule has 0 amide bonds. The Bertz CT molecular complexity index is 418. The number of rotatable bonds is 9. The maximum absolute atomic E-state index is 5.87. The molecule has 21 heavy (non-hydrogen) atoms. The van der Waals surface area contributed by atoms with Crippen LogP contribution < -0.4 is 5.32 Å². The Morgan fingerprint density at radius 2 is 2.05 bits per heavy atom. The number of benzene rings is 1. The molecule has 0 bridgehead atoms. The van der Waals surface area contributed by atoms with Crippen LogP contribution in [0.4, 0.5) is 0 Å². The normalized spacial score (nSPS) is 21.2. The fraction of sp³-hybridized carbons (Fsp3) is 0.684. The van der Waals surface area contributed by atoms with Crippen LogP contribution in [0.3, 0.4) is 0 Å². The van der Waals surface area contributed by atoms with Crippen LogP contribution in [0, 0.1) is 0 Å². The lowest BCUT2D eigenvalue weighted by Crippen LogP contribution is -2.42. The molecule has 0 saturated heterocycles. The third-order valence-corrected chi connectivity index (χ3v) is 4.77. The Morgan fingerprint density at radius 1 is 1.19 bits per heavy atom. The van der Waals surface area contributed by atoms with Gasteiger partial charge in [0.15, 0.2) is 0 Å². The fourth-order valence-corrected chi connectivity index (χ4v) is 3.52. The van der Waals surface area contributed by atoms with Crippen LogP contribution in [0.2, 0.25) is 0 Å². The van der Waals surface area contributed by atoms with E-state index in [1.165, 1.54) is 32.1 Å². The number of unbranched alkanes of at least 4 members (excludes halogenated alkanes) is 1. The van der Waals surface area contributed by atoms with Gasteiger partial charge in [-0.05, 0) is 49.8 Å². The summed E-state index contributed by atoms with van der Waals surface area (Å²) in [4.78, 5) is 0. The van der Waals surface area contributed by atoms with Crippen LogP contribution in [0.1, 0.15) is 57.1 Å². The summed E-state index contributed by atoms with van der Waals surface area (Å²) in [5.41, 5.74) is 3.39. The van der Waals surface area contributed by atoms with Crippen molar-refractivity contribution in [2.75, 3.05) is 26.3 Å². The molecule has 2 nitrogen and oxygen atoms in total. The van der Waals surface area contributed by atoms with Crippen molar-refractivity contribution < 1.29 is 4.74 Å². The van der Waals surface area contributed by atoms with Crippen LogP contribution in [-0.4, -0.2) is 26.3 Å². The summed E-state index contributed by atoms with van der Waals surface area (Å²) in [6.07, 6.45) is 7.36. The van der Waals surface area contributed by atoms with Gasteiger partial charge >= 0.3 is 0 Å². The predicted octanol–water partition coefficient (Wildman–Crippen LogP) is 4.08. The van der Waals surface area contributed by atoms with Crippen molar-refractivity contribution in [3.63, 3.8) is 0 Å². The molecule has 1 aromatic rings. The molecule has 2 heteroatoms. The molecule has 0 spiro atoms. The summed E-state index contributed by atoms with van der Waals surface area (Å²) in [6.45, 7) is 8.33. The lowest BCUT2D eigenvalue weighted by atomic mass is 9.68. The third kappa shape index (κ3) is 4.31. The third-order valence-electron chi connectivity index (χ3n) is 4.77. The van der Waals surface area contributed by atoms with Gasteiger partial charge in [-0.25, -0.2) is 0 Å². The summed E-state index contributed by atoms with van der Waals surface area (Å²) in [6, 6.07) is 9.04. The smallest absolute Gasteiger partial charge is 0.0475 e. The van der Waals surface area contributed by atoms with Gasteiger partial charge in [0.1, 0.15) is 0 Å². The standard InChI is InChI=1S/C19H31NO/c1-3-5-14-21-15-13-19(16-20-4-2)12-8-10-17-9-6-7-11-18(17)19/h6-7,9,11,20H,3-5,8,10,12-16H2,1-2H3. The van der Waals surface area contributed by atoms with Gasteiger partial charge in [-0.15, -0.1) is 0 Å². The quantitative estimate of drug-likeness (QED) is 0.692. The first-order valence-electron chi connectivity index (χ1n) is 8.69. The van der Waals surface area contributed by atoms with Gasteiger partial charge in [-0.3, -0.25) is 0 Å². The molecule has 1 aromatic carbocycles. The van der Waals surface area contributed by atoms with Crippen molar-refractivity contribution in [2.24, 2.45) is 0 Å². The molecule has 0 fully saturated rings. The molecule has 0 heterocycles. The molecule has 118 valence electrons. The van der Waals surface area contributed by atoms with Crippen molar-refractivity contribution in [1.29, 1.82) is 0 Å². The summed E-state index contributed by atoms with van der Waals surface area (Å²) >= 11 is 0. The second-order valence-corrected chi connectivity index (χ2v) is 6.29. The van der Waals surface area contributed by atoms with Crippen LogP contribution in [-0.2, 0) is 16.6 Å². The van der Waals surface area contributed by atoms with Crippen molar-refractivity contribution in [2.45, 2.75) is 57.8 Å². The van der Waals surface area contributed by atoms with Gasteiger partial charge in [0.2, 0.25) is 0 Å². The minimum atomic E-state index is 0.275. The molecule has 0 aromatic heterocycles. The highest BCUT2D eigenvalue weighted by Gasteiger charge is 2.35. The van der Waals surface area contributed by atoms with E-state index in [9.17, 15) is 0 Å². The second-order valence-electron chi connectivity index (χ2n) is 6.29. The molecule has 1 aliphatic carbocycles. The number of fused-ring (bicyclic) bond motifs is 1. The lowest BCUT2D eigenvalue weighted by Gasteiger charge is -2.39. The highest BCUT2D eigenvalue weighted by atomic mass is 16.5. The van der Waals surface area contributed by atoms with E-state index in [1.54, 1.807) is 11.1 Å². The van der Waals surface area contributed by atoms with Gasteiger partial charge in [-0.1, -0.05) is 44.5 Å². The molecule has 0 aliphatic heterocycles.